The smallest absolute Gasteiger partial charge is 0.350 e. The first-order valence-electron chi connectivity index (χ1n) is 11.6. The van der Waals surface area contributed by atoms with E-state index in [4.69, 9.17) is 9.47 Å². The highest BCUT2D eigenvalue weighted by Crippen LogP contribution is 2.43. The Labute approximate surface area is 217 Å². The summed E-state index contributed by atoms with van der Waals surface area (Å²) in [6.45, 7) is 7.63. The van der Waals surface area contributed by atoms with E-state index in [2.05, 4.69) is 16.5 Å². The van der Waals surface area contributed by atoms with Crippen molar-refractivity contribution >= 4 is 39.9 Å². The number of aryl methyl sites for hydroxylation is 1. The van der Waals surface area contributed by atoms with Crippen LogP contribution in [0.3, 0.4) is 0 Å². The van der Waals surface area contributed by atoms with E-state index in [0.717, 1.165) is 17.8 Å². The van der Waals surface area contributed by atoms with Crippen molar-refractivity contribution in [2.75, 3.05) is 18.1 Å². The average Bonchev–Trinajstić information content (AvgIpc) is 3.42. The highest BCUT2D eigenvalue weighted by molar-refractivity contribution is 7.17. The number of aliphatic hydroxyl groups is 1. The fourth-order valence-electron chi connectivity index (χ4n) is 3.87. The number of nitrogens with zero attached hydrogens (tertiary/aromatic N) is 3. The molecule has 1 amide bonds. The van der Waals surface area contributed by atoms with Crippen molar-refractivity contribution in [2.24, 2.45) is 0 Å². The van der Waals surface area contributed by atoms with Crippen LogP contribution < -0.4 is 9.64 Å². The fraction of sp³-hybridized carbons (Fsp3) is 0.222. The van der Waals surface area contributed by atoms with Gasteiger partial charge in [0.05, 0.1) is 23.9 Å². The minimum Gasteiger partial charge on any atom is -0.507 e. The second-order valence-electron chi connectivity index (χ2n) is 8.13. The summed E-state index contributed by atoms with van der Waals surface area (Å²) in [5, 5.41) is 11.4. The molecule has 1 saturated heterocycles. The summed E-state index contributed by atoms with van der Waals surface area (Å²) in [7, 11) is 0. The number of carbonyl (C=O) groups is 3. The number of benzene rings is 1. The van der Waals surface area contributed by atoms with E-state index in [9.17, 15) is 19.5 Å². The minimum atomic E-state index is -1.02. The Morgan fingerprint density at radius 2 is 2.08 bits per heavy atom. The molecule has 1 aromatic carbocycles. The molecule has 190 valence electrons. The number of hydrogen-bond donors (Lipinski definition) is 1. The van der Waals surface area contributed by atoms with Crippen molar-refractivity contribution < 1.29 is 29.0 Å². The number of ketones is 1. The van der Waals surface area contributed by atoms with E-state index in [0.29, 0.717) is 29.2 Å². The Hall–Kier alpha value is -4.31. The number of amides is 1. The van der Waals surface area contributed by atoms with E-state index in [1.807, 2.05) is 6.92 Å². The van der Waals surface area contributed by atoms with E-state index >= 15 is 0 Å². The quantitative estimate of drug-likeness (QED) is 0.143. The van der Waals surface area contributed by atoms with Gasteiger partial charge in [-0.3, -0.25) is 19.5 Å². The highest BCUT2D eigenvalue weighted by atomic mass is 32.1. The lowest BCUT2D eigenvalue weighted by molar-refractivity contribution is -0.132. The van der Waals surface area contributed by atoms with Crippen LogP contribution in [-0.2, 0) is 14.3 Å². The van der Waals surface area contributed by atoms with Gasteiger partial charge in [-0.15, -0.1) is 0 Å². The summed E-state index contributed by atoms with van der Waals surface area (Å²) in [6, 6.07) is 9.03. The predicted molar refractivity (Wildman–Crippen MR) is 139 cm³/mol. The molecule has 2 aromatic heterocycles. The Bertz CT molecular complexity index is 1380. The molecule has 0 bridgehead atoms. The summed E-state index contributed by atoms with van der Waals surface area (Å²) in [5.41, 5.74) is 1.05. The van der Waals surface area contributed by atoms with Crippen molar-refractivity contribution in [3.63, 3.8) is 0 Å². The SMILES string of the molecule is C=CCOC(=O)c1sc(N2C(=O)C(=O)/C(=C(/O)c3cccc(OCCC)c3)C2c2cccnc2)nc1C. The van der Waals surface area contributed by atoms with Gasteiger partial charge < -0.3 is 14.6 Å². The van der Waals surface area contributed by atoms with Crippen molar-refractivity contribution in [1.29, 1.82) is 0 Å². The van der Waals surface area contributed by atoms with Crippen molar-refractivity contribution in [2.45, 2.75) is 26.3 Å². The first-order valence-corrected chi connectivity index (χ1v) is 12.4. The number of aromatic nitrogens is 2. The second kappa shape index (κ2) is 11.2. The lowest BCUT2D eigenvalue weighted by Crippen LogP contribution is -2.29. The summed E-state index contributed by atoms with van der Waals surface area (Å²) < 4.78 is 10.8. The Kier molecular flexibility index (Phi) is 7.78. The number of hydrogen-bond acceptors (Lipinski definition) is 9. The molecule has 1 aliphatic rings. The molecule has 3 heterocycles. The lowest BCUT2D eigenvalue weighted by atomic mass is 9.96. The number of rotatable bonds is 9. The molecule has 0 radical (unpaired) electrons. The van der Waals surface area contributed by atoms with Gasteiger partial charge in [0.15, 0.2) is 5.13 Å². The maximum Gasteiger partial charge on any atom is 0.350 e. The third-order valence-electron chi connectivity index (χ3n) is 5.53. The van der Waals surface area contributed by atoms with Gasteiger partial charge in [-0.25, -0.2) is 9.78 Å². The number of esters is 1. The van der Waals surface area contributed by atoms with Gasteiger partial charge >= 0.3 is 11.9 Å². The summed E-state index contributed by atoms with van der Waals surface area (Å²) >= 11 is 0.929. The van der Waals surface area contributed by atoms with E-state index in [-0.39, 0.29) is 27.9 Å². The van der Waals surface area contributed by atoms with Gasteiger partial charge in [0.1, 0.15) is 23.0 Å². The standard InChI is InChI=1S/C27H25N3O6S/c1-4-12-35-19-10-6-8-17(14-19)22(31)20-21(18-9-7-11-28-15-18)30(25(33)23(20)32)27-29-16(3)24(37-27)26(34)36-13-5-2/h5-11,14-15,21,31H,2,4,12-13H2,1,3H3/b22-20+. The van der Waals surface area contributed by atoms with Gasteiger partial charge in [-0.05, 0) is 37.1 Å². The Balaban J connectivity index is 1.83. The molecule has 37 heavy (non-hydrogen) atoms. The van der Waals surface area contributed by atoms with Crippen LogP contribution >= 0.6 is 11.3 Å². The second-order valence-corrected chi connectivity index (χ2v) is 9.11. The van der Waals surface area contributed by atoms with Gasteiger partial charge in [-0.1, -0.05) is 49.1 Å². The number of carbonyl (C=O) groups excluding carboxylic acids is 3. The fourth-order valence-corrected chi connectivity index (χ4v) is 4.85. The van der Waals surface area contributed by atoms with E-state index in [1.54, 1.807) is 49.5 Å². The number of ether oxygens (including phenoxy) is 2. The van der Waals surface area contributed by atoms with Crippen LogP contribution in [0.15, 0.2) is 67.0 Å². The van der Waals surface area contributed by atoms with Crippen molar-refractivity contribution in [3.05, 3.63) is 88.7 Å². The molecular formula is C27H25N3O6S. The third-order valence-corrected chi connectivity index (χ3v) is 6.67. The third kappa shape index (κ3) is 5.14. The molecule has 1 atom stereocenters. The molecule has 1 N–H and O–H groups in total. The summed E-state index contributed by atoms with van der Waals surface area (Å²) in [6.07, 6.45) is 5.32. The van der Waals surface area contributed by atoms with Gasteiger partial charge in [0.25, 0.3) is 5.78 Å². The maximum absolute atomic E-state index is 13.3. The van der Waals surface area contributed by atoms with Crippen LogP contribution in [0.1, 0.15) is 45.9 Å². The van der Waals surface area contributed by atoms with Crippen LogP contribution in [0.2, 0.25) is 0 Å². The molecule has 4 rings (SSSR count). The number of aliphatic hydroxyl groups excluding tert-OH is 1. The molecule has 10 heteroatoms. The van der Waals surface area contributed by atoms with Crippen molar-refractivity contribution in [3.8, 4) is 5.75 Å². The summed E-state index contributed by atoms with van der Waals surface area (Å²) in [4.78, 5) is 49.0. The first-order chi connectivity index (χ1) is 17.9. The molecule has 3 aromatic rings. The monoisotopic (exact) mass is 519 g/mol. The average molecular weight is 520 g/mol. The Morgan fingerprint density at radius 3 is 2.78 bits per heavy atom. The molecule has 9 nitrogen and oxygen atoms in total. The molecule has 0 spiro atoms. The van der Waals surface area contributed by atoms with Gasteiger partial charge in [-0.2, -0.15) is 0 Å². The van der Waals surface area contributed by atoms with Gasteiger partial charge in [0, 0.05) is 18.0 Å². The molecule has 1 fully saturated rings. The molecule has 0 saturated carbocycles. The van der Waals surface area contributed by atoms with E-state index in [1.165, 1.54) is 17.2 Å². The Morgan fingerprint density at radius 1 is 1.27 bits per heavy atom. The maximum atomic E-state index is 13.3. The highest BCUT2D eigenvalue weighted by Gasteiger charge is 2.48. The normalized spacial score (nSPS) is 16.6. The predicted octanol–water partition coefficient (Wildman–Crippen LogP) is 4.60. The minimum absolute atomic E-state index is 0.0206. The van der Waals surface area contributed by atoms with Crippen LogP contribution in [0, 0.1) is 6.92 Å². The zero-order chi connectivity index (χ0) is 26.5. The number of anilines is 1. The zero-order valence-corrected chi connectivity index (χ0v) is 21.2. The first kappa shape index (κ1) is 25.8. The molecular weight excluding hydrogens is 494 g/mol. The van der Waals surface area contributed by atoms with Crippen LogP contribution in [0.4, 0.5) is 5.13 Å². The molecule has 1 unspecified atom stereocenters. The van der Waals surface area contributed by atoms with Crippen LogP contribution in [-0.4, -0.2) is 45.9 Å². The largest absolute Gasteiger partial charge is 0.507 e. The number of pyridine rings is 1. The van der Waals surface area contributed by atoms with Crippen LogP contribution in [0.5, 0.6) is 5.75 Å². The molecule has 0 aliphatic carbocycles. The number of thiazole rings is 1. The lowest BCUT2D eigenvalue weighted by Gasteiger charge is -2.22. The topological polar surface area (TPSA) is 119 Å². The van der Waals surface area contributed by atoms with Gasteiger partial charge in [0.2, 0.25) is 0 Å². The van der Waals surface area contributed by atoms with Crippen molar-refractivity contribution in [1.82, 2.24) is 9.97 Å². The zero-order valence-electron chi connectivity index (χ0n) is 20.3. The van der Waals surface area contributed by atoms with E-state index < -0.39 is 23.7 Å². The molecule has 1 aliphatic heterocycles. The summed E-state index contributed by atoms with van der Waals surface area (Å²) in [5.74, 6) is -2.20. The van der Waals surface area contributed by atoms with Crippen LogP contribution in [0.25, 0.3) is 5.76 Å². The number of Topliss-reactive ketones (excluding diaryl/α,β-unsaturated/α-hetero) is 1.